The number of hydrogen-bond acceptors (Lipinski definition) is 3. The maximum atomic E-state index is 12.2. The molecule has 3 fully saturated rings. The minimum atomic E-state index is -0.801. The second-order valence-corrected chi connectivity index (χ2v) is 5.88. The molecule has 1 amide bonds. The smallest absolute Gasteiger partial charge is 0.410 e. The van der Waals surface area contributed by atoms with E-state index in [1.807, 2.05) is 30.3 Å². The van der Waals surface area contributed by atoms with Crippen LogP contribution in [-0.2, 0) is 16.1 Å². The normalized spacial score (nSPS) is 27.4. The minimum Gasteiger partial charge on any atom is -0.481 e. The molecule has 112 valence electrons. The van der Waals surface area contributed by atoms with Crippen LogP contribution in [0.1, 0.15) is 24.8 Å². The molecule has 2 aliphatic heterocycles. The first-order chi connectivity index (χ1) is 10.1. The van der Waals surface area contributed by atoms with Gasteiger partial charge in [-0.2, -0.15) is 0 Å². The predicted octanol–water partition coefficient (Wildman–Crippen LogP) is 2.51. The highest BCUT2D eigenvalue weighted by Gasteiger charge is 2.46. The number of amides is 1. The van der Waals surface area contributed by atoms with Gasteiger partial charge in [-0.05, 0) is 30.7 Å². The fraction of sp³-hybridized carbons (Fsp3) is 0.500. The van der Waals surface area contributed by atoms with Crippen molar-refractivity contribution in [1.82, 2.24) is 4.90 Å². The summed E-state index contributed by atoms with van der Waals surface area (Å²) in [5.74, 6) is -0.951. The van der Waals surface area contributed by atoms with E-state index in [2.05, 4.69) is 0 Å². The van der Waals surface area contributed by atoms with Gasteiger partial charge in [0, 0.05) is 12.6 Å². The average Bonchev–Trinajstić information content (AvgIpc) is 2.53. The van der Waals surface area contributed by atoms with Crippen LogP contribution in [-0.4, -0.2) is 34.7 Å². The van der Waals surface area contributed by atoms with Crippen LogP contribution in [0.5, 0.6) is 0 Å². The summed E-state index contributed by atoms with van der Waals surface area (Å²) in [6.45, 7) is 0.855. The third-order valence-corrected chi connectivity index (χ3v) is 4.53. The van der Waals surface area contributed by atoms with Crippen molar-refractivity contribution in [3.63, 3.8) is 0 Å². The lowest BCUT2D eigenvalue weighted by Crippen LogP contribution is -2.57. The zero-order valence-corrected chi connectivity index (χ0v) is 11.8. The number of ether oxygens (including phenoxy) is 1. The molecule has 1 N–H and O–H groups in total. The maximum Gasteiger partial charge on any atom is 0.410 e. The molecule has 1 aliphatic carbocycles. The van der Waals surface area contributed by atoms with Gasteiger partial charge >= 0.3 is 12.1 Å². The number of hydrogen-bond donors (Lipinski definition) is 1. The van der Waals surface area contributed by atoms with Gasteiger partial charge in [0.1, 0.15) is 6.61 Å². The van der Waals surface area contributed by atoms with Crippen molar-refractivity contribution in [3.05, 3.63) is 35.9 Å². The Kier molecular flexibility index (Phi) is 3.82. The van der Waals surface area contributed by atoms with E-state index in [0.29, 0.717) is 18.9 Å². The molecule has 1 saturated carbocycles. The first kappa shape index (κ1) is 13.9. The first-order valence-corrected chi connectivity index (χ1v) is 7.35. The van der Waals surface area contributed by atoms with Crippen LogP contribution in [0.25, 0.3) is 0 Å². The Balaban J connectivity index is 1.63. The lowest BCUT2D eigenvalue weighted by Gasteiger charge is -2.47. The summed E-state index contributed by atoms with van der Waals surface area (Å²) in [7, 11) is 0. The van der Waals surface area contributed by atoms with Gasteiger partial charge in [0.25, 0.3) is 0 Å². The molecule has 0 radical (unpaired) electrons. The molecule has 0 aromatic heterocycles. The van der Waals surface area contributed by atoms with Gasteiger partial charge in [0.15, 0.2) is 0 Å². The number of fused-ring (bicyclic) bond motifs is 3. The van der Waals surface area contributed by atoms with E-state index in [1.165, 1.54) is 0 Å². The lowest BCUT2D eigenvalue weighted by atomic mass is 9.73. The zero-order chi connectivity index (χ0) is 14.8. The second-order valence-electron chi connectivity index (χ2n) is 5.88. The Hall–Kier alpha value is -2.04. The van der Waals surface area contributed by atoms with Crippen LogP contribution < -0.4 is 0 Å². The summed E-state index contributed by atoms with van der Waals surface area (Å²) in [5, 5.41) is 9.29. The highest BCUT2D eigenvalue weighted by molar-refractivity contribution is 5.74. The molecule has 0 unspecified atom stereocenters. The van der Waals surface area contributed by atoms with Gasteiger partial charge < -0.3 is 14.7 Å². The van der Waals surface area contributed by atoms with Crippen LogP contribution in [0, 0.1) is 11.8 Å². The van der Waals surface area contributed by atoms with Crippen molar-refractivity contribution in [1.29, 1.82) is 0 Å². The zero-order valence-electron chi connectivity index (χ0n) is 11.8. The van der Waals surface area contributed by atoms with Crippen molar-refractivity contribution in [2.45, 2.75) is 31.9 Å². The van der Waals surface area contributed by atoms with E-state index < -0.39 is 11.9 Å². The SMILES string of the molecule is O=C(O)[C@@H]1C[C@H]2CC[C@@H]1N(C(=O)OCc1ccccc1)C2. The number of aliphatic carboxylic acids is 1. The van der Waals surface area contributed by atoms with Gasteiger partial charge in [0.05, 0.1) is 5.92 Å². The van der Waals surface area contributed by atoms with Crippen LogP contribution in [0.3, 0.4) is 0 Å². The topological polar surface area (TPSA) is 66.8 Å². The average molecular weight is 289 g/mol. The van der Waals surface area contributed by atoms with Crippen molar-refractivity contribution in [2.24, 2.45) is 11.8 Å². The Labute approximate surface area is 123 Å². The van der Waals surface area contributed by atoms with Gasteiger partial charge in [0.2, 0.25) is 0 Å². The number of nitrogens with zero attached hydrogens (tertiary/aromatic N) is 1. The molecule has 3 aliphatic rings. The number of rotatable bonds is 3. The molecule has 1 aromatic rings. The molecule has 1 aromatic carbocycles. The van der Waals surface area contributed by atoms with E-state index >= 15 is 0 Å². The summed E-state index contributed by atoms with van der Waals surface area (Å²) < 4.78 is 5.34. The highest BCUT2D eigenvalue weighted by Crippen LogP contribution is 2.39. The molecule has 21 heavy (non-hydrogen) atoms. The van der Waals surface area contributed by atoms with Crippen LogP contribution in [0.2, 0.25) is 0 Å². The molecule has 2 bridgehead atoms. The third-order valence-electron chi connectivity index (χ3n) is 4.53. The number of carboxylic acid groups (broad SMARTS) is 1. The molecule has 3 atom stereocenters. The van der Waals surface area contributed by atoms with E-state index in [0.717, 1.165) is 18.4 Å². The van der Waals surface area contributed by atoms with E-state index in [4.69, 9.17) is 4.74 Å². The number of piperidine rings is 2. The monoisotopic (exact) mass is 289 g/mol. The van der Waals surface area contributed by atoms with Gasteiger partial charge in [-0.15, -0.1) is 0 Å². The van der Waals surface area contributed by atoms with Crippen molar-refractivity contribution in [3.8, 4) is 0 Å². The number of benzene rings is 1. The standard InChI is InChI=1S/C16H19NO4/c18-15(19)13-8-12-6-7-14(13)17(9-12)16(20)21-10-11-4-2-1-3-5-11/h1-5,12-14H,6-10H2,(H,18,19)/t12-,13-,14+/m1/s1. The largest absolute Gasteiger partial charge is 0.481 e. The minimum absolute atomic E-state index is 0.212. The summed E-state index contributed by atoms with van der Waals surface area (Å²) in [6.07, 6.45) is 2.07. The molecule has 5 heteroatoms. The summed E-state index contributed by atoms with van der Waals surface area (Å²) in [6, 6.07) is 9.28. The van der Waals surface area contributed by atoms with E-state index in [-0.39, 0.29) is 18.7 Å². The Morgan fingerprint density at radius 3 is 2.67 bits per heavy atom. The fourth-order valence-corrected chi connectivity index (χ4v) is 3.47. The summed E-state index contributed by atoms with van der Waals surface area (Å²) >= 11 is 0. The Morgan fingerprint density at radius 1 is 1.24 bits per heavy atom. The first-order valence-electron chi connectivity index (χ1n) is 7.35. The van der Waals surface area contributed by atoms with Crippen molar-refractivity contribution < 1.29 is 19.4 Å². The number of carbonyl (C=O) groups excluding carboxylic acids is 1. The Bertz CT molecular complexity index is 530. The van der Waals surface area contributed by atoms with Gasteiger partial charge in [-0.1, -0.05) is 30.3 Å². The van der Waals surface area contributed by atoms with Crippen LogP contribution in [0.4, 0.5) is 4.79 Å². The lowest BCUT2D eigenvalue weighted by molar-refractivity contribution is -0.149. The number of carboxylic acids is 1. The molecule has 0 spiro atoms. The fourth-order valence-electron chi connectivity index (χ4n) is 3.47. The number of carbonyl (C=O) groups is 2. The van der Waals surface area contributed by atoms with Crippen molar-refractivity contribution in [2.75, 3.05) is 6.54 Å². The van der Waals surface area contributed by atoms with Crippen molar-refractivity contribution >= 4 is 12.1 Å². The summed E-state index contributed by atoms with van der Waals surface area (Å²) in [4.78, 5) is 25.2. The highest BCUT2D eigenvalue weighted by atomic mass is 16.6. The van der Waals surface area contributed by atoms with Crippen LogP contribution >= 0.6 is 0 Å². The molecule has 2 saturated heterocycles. The second kappa shape index (κ2) is 5.76. The molecule has 2 heterocycles. The molecular weight excluding hydrogens is 270 g/mol. The third kappa shape index (κ3) is 2.86. The van der Waals surface area contributed by atoms with E-state index in [9.17, 15) is 14.7 Å². The van der Waals surface area contributed by atoms with E-state index in [1.54, 1.807) is 4.90 Å². The molecule has 4 rings (SSSR count). The Morgan fingerprint density at radius 2 is 2.00 bits per heavy atom. The molecular formula is C16H19NO4. The maximum absolute atomic E-state index is 12.2. The predicted molar refractivity (Wildman–Crippen MR) is 75.6 cm³/mol. The van der Waals surface area contributed by atoms with Gasteiger partial charge in [-0.3, -0.25) is 4.79 Å². The molecule has 5 nitrogen and oxygen atoms in total. The van der Waals surface area contributed by atoms with Gasteiger partial charge in [-0.25, -0.2) is 4.79 Å². The summed E-state index contributed by atoms with van der Waals surface area (Å²) in [5.41, 5.74) is 0.933. The van der Waals surface area contributed by atoms with Crippen LogP contribution in [0.15, 0.2) is 30.3 Å². The quantitative estimate of drug-likeness (QED) is 0.928.